The summed E-state index contributed by atoms with van der Waals surface area (Å²) in [5.41, 5.74) is 1.33. The van der Waals surface area contributed by atoms with Crippen molar-refractivity contribution in [1.29, 1.82) is 0 Å². The van der Waals surface area contributed by atoms with Crippen molar-refractivity contribution >= 4 is 11.5 Å². The Morgan fingerprint density at radius 3 is 3.22 bits per heavy atom. The van der Waals surface area contributed by atoms with Crippen LogP contribution in [0.2, 0.25) is 0 Å². The molecule has 100 valence electrons. The molecule has 1 aliphatic heterocycles. The molecule has 3 atom stereocenters. The molecule has 2 fully saturated rings. The molecule has 0 bridgehead atoms. The number of rotatable bonds is 1. The Morgan fingerprint density at radius 1 is 1.44 bits per heavy atom. The molecule has 1 aromatic heterocycles. The molecule has 0 radical (unpaired) electrons. The molecule has 0 aromatic carbocycles. The lowest BCUT2D eigenvalue weighted by atomic mass is 9.82. The van der Waals surface area contributed by atoms with Gasteiger partial charge in [0, 0.05) is 23.7 Å². The molecule has 1 aromatic rings. The van der Waals surface area contributed by atoms with Crippen molar-refractivity contribution in [2.24, 2.45) is 5.92 Å². The highest BCUT2D eigenvalue weighted by Gasteiger charge is 2.43. The summed E-state index contributed by atoms with van der Waals surface area (Å²) in [4.78, 5) is 0. The topological polar surface area (TPSA) is 34.1 Å². The largest absolute Gasteiger partial charge is 0.372 e. The lowest BCUT2D eigenvalue weighted by molar-refractivity contribution is -0.108. The molecule has 3 rings (SSSR count). The van der Waals surface area contributed by atoms with Crippen LogP contribution in [0.25, 0.3) is 0 Å². The summed E-state index contributed by atoms with van der Waals surface area (Å²) >= 11 is 1.54. The Hall–Kier alpha value is -0.450. The lowest BCUT2D eigenvalue weighted by Gasteiger charge is -2.44. The van der Waals surface area contributed by atoms with Gasteiger partial charge in [-0.25, -0.2) is 4.37 Å². The Kier molecular flexibility index (Phi) is 3.68. The third kappa shape index (κ3) is 2.33. The van der Waals surface area contributed by atoms with E-state index in [4.69, 9.17) is 4.74 Å². The predicted molar refractivity (Wildman–Crippen MR) is 73.8 cm³/mol. The smallest absolute Gasteiger partial charge is 0.0877 e. The number of morpholine rings is 1. The molecule has 1 aliphatic carbocycles. The molecule has 4 heteroatoms. The summed E-state index contributed by atoms with van der Waals surface area (Å²) in [5, 5.41) is 5.84. The summed E-state index contributed by atoms with van der Waals surface area (Å²) in [7, 11) is 0. The second-order valence-corrected chi connectivity index (χ2v) is 6.45. The maximum atomic E-state index is 6.29. The Bertz CT molecular complexity index is 381. The SMILES string of the molecule is CC1CCCC2(CC1)OCCNC2c1cnsc1. The zero-order valence-electron chi connectivity index (χ0n) is 11.0. The minimum atomic E-state index is 0.0196. The van der Waals surface area contributed by atoms with Crippen LogP contribution in [-0.2, 0) is 4.74 Å². The van der Waals surface area contributed by atoms with Crippen LogP contribution in [0.1, 0.15) is 50.6 Å². The third-order valence-electron chi connectivity index (χ3n) is 4.51. The number of hydrogen-bond donors (Lipinski definition) is 1. The van der Waals surface area contributed by atoms with Gasteiger partial charge in [-0.05, 0) is 36.7 Å². The van der Waals surface area contributed by atoms with E-state index in [2.05, 4.69) is 22.0 Å². The van der Waals surface area contributed by atoms with E-state index >= 15 is 0 Å². The van der Waals surface area contributed by atoms with Gasteiger partial charge in [0.1, 0.15) is 0 Å². The van der Waals surface area contributed by atoms with Crippen molar-refractivity contribution in [1.82, 2.24) is 9.69 Å². The highest BCUT2D eigenvalue weighted by molar-refractivity contribution is 7.03. The van der Waals surface area contributed by atoms with Crippen LogP contribution in [0.3, 0.4) is 0 Å². The standard InChI is InChI=1S/C14H22N2OS/c1-11-3-2-5-14(6-4-11)13(15-7-8-17-14)12-9-16-18-10-12/h9-11,13,15H,2-8H2,1H3. The highest BCUT2D eigenvalue weighted by atomic mass is 32.1. The summed E-state index contributed by atoms with van der Waals surface area (Å²) < 4.78 is 10.5. The van der Waals surface area contributed by atoms with Crippen molar-refractivity contribution in [3.63, 3.8) is 0 Å². The first-order valence-electron chi connectivity index (χ1n) is 7.07. The highest BCUT2D eigenvalue weighted by Crippen LogP contribution is 2.43. The maximum Gasteiger partial charge on any atom is 0.0877 e. The second-order valence-electron chi connectivity index (χ2n) is 5.79. The minimum Gasteiger partial charge on any atom is -0.372 e. The van der Waals surface area contributed by atoms with Crippen molar-refractivity contribution in [2.45, 2.75) is 50.7 Å². The molecule has 1 N–H and O–H groups in total. The van der Waals surface area contributed by atoms with Crippen LogP contribution >= 0.6 is 11.5 Å². The van der Waals surface area contributed by atoms with Gasteiger partial charge in [0.2, 0.25) is 0 Å². The van der Waals surface area contributed by atoms with Crippen LogP contribution in [0.4, 0.5) is 0 Å². The molecule has 1 spiro atoms. The molecule has 1 saturated heterocycles. The predicted octanol–water partition coefficient (Wildman–Crippen LogP) is 3.14. The maximum absolute atomic E-state index is 6.29. The monoisotopic (exact) mass is 266 g/mol. The van der Waals surface area contributed by atoms with Gasteiger partial charge < -0.3 is 10.1 Å². The summed E-state index contributed by atoms with van der Waals surface area (Å²) in [6.07, 6.45) is 8.30. The lowest BCUT2D eigenvalue weighted by Crippen LogP contribution is -2.51. The van der Waals surface area contributed by atoms with Crippen molar-refractivity contribution in [2.75, 3.05) is 13.2 Å². The quantitative estimate of drug-likeness (QED) is 0.848. The molecular formula is C14H22N2OS. The van der Waals surface area contributed by atoms with E-state index < -0.39 is 0 Å². The molecular weight excluding hydrogens is 244 g/mol. The first kappa shape index (κ1) is 12.6. The summed E-state index contributed by atoms with van der Waals surface area (Å²) in [6, 6.07) is 0.343. The Balaban J connectivity index is 1.86. The van der Waals surface area contributed by atoms with E-state index in [9.17, 15) is 0 Å². The molecule has 2 heterocycles. The van der Waals surface area contributed by atoms with E-state index in [-0.39, 0.29) is 5.60 Å². The molecule has 18 heavy (non-hydrogen) atoms. The zero-order chi connectivity index (χ0) is 12.4. The van der Waals surface area contributed by atoms with Gasteiger partial charge in [0.05, 0.1) is 18.2 Å². The van der Waals surface area contributed by atoms with E-state index in [1.54, 1.807) is 11.5 Å². The van der Waals surface area contributed by atoms with Crippen LogP contribution in [0.5, 0.6) is 0 Å². The van der Waals surface area contributed by atoms with E-state index in [1.807, 2.05) is 6.20 Å². The van der Waals surface area contributed by atoms with Crippen molar-refractivity contribution in [3.05, 3.63) is 17.1 Å². The van der Waals surface area contributed by atoms with E-state index in [0.717, 1.165) is 19.1 Å². The zero-order valence-corrected chi connectivity index (χ0v) is 11.8. The van der Waals surface area contributed by atoms with Crippen molar-refractivity contribution in [3.8, 4) is 0 Å². The van der Waals surface area contributed by atoms with Crippen LogP contribution in [0.15, 0.2) is 11.6 Å². The van der Waals surface area contributed by atoms with Gasteiger partial charge in [-0.3, -0.25) is 0 Å². The second kappa shape index (κ2) is 5.27. The van der Waals surface area contributed by atoms with Gasteiger partial charge in [0.25, 0.3) is 0 Å². The van der Waals surface area contributed by atoms with Gasteiger partial charge in [-0.1, -0.05) is 19.8 Å². The molecule has 3 unspecified atom stereocenters. The minimum absolute atomic E-state index is 0.0196. The molecule has 3 nitrogen and oxygen atoms in total. The first-order chi connectivity index (χ1) is 8.80. The number of hydrogen-bond acceptors (Lipinski definition) is 4. The van der Waals surface area contributed by atoms with Crippen LogP contribution < -0.4 is 5.32 Å². The number of ether oxygens (including phenoxy) is 1. The number of nitrogens with zero attached hydrogens (tertiary/aromatic N) is 1. The fraction of sp³-hybridized carbons (Fsp3) is 0.786. The average molecular weight is 266 g/mol. The number of nitrogens with one attached hydrogen (secondary N) is 1. The summed E-state index contributed by atoms with van der Waals surface area (Å²) in [6.45, 7) is 4.18. The van der Waals surface area contributed by atoms with E-state index in [1.165, 1.54) is 37.7 Å². The molecule has 0 amide bonds. The van der Waals surface area contributed by atoms with Gasteiger partial charge in [-0.2, -0.15) is 0 Å². The fourth-order valence-corrected chi connectivity index (χ4v) is 4.01. The Morgan fingerprint density at radius 2 is 2.39 bits per heavy atom. The average Bonchev–Trinajstić information content (AvgIpc) is 2.84. The fourth-order valence-electron chi connectivity index (χ4n) is 3.45. The third-order valence-corrected chi connectivity index (χ3v) is 5.11. The molecule has 1 saturated carbocycles. The van der Waals surface area contributed by atoms with Crippen LogP contribution in [-0.4, -0.2) is 23.1 Å². The van der Waals surface area contributed by atoms with E-state index in [0.29, 0.717) is 6.04 Å². The van der Waals surface area contributed by atoms with Crippen molar-refractivity contribution < 1.29 is 4.74 Å². The Labute approximate surface area is 113 Å². The summed E-state index contributed by atoms with van der Waals surface area (Å²) in [5.74, 6) is 0.844. The van der Waals surface area contributed by atoms with Gasteiger partial charge >= 0.3 is 0 Å². The molecule has 2 aliphatic rings. The van der Waals surface area contributed by atoms with Gasteiger partial charge in [-0.15, -0.1) is 0 Å². The first-order valence-corrected chi connectivity index (χ1v) is 7.90. The number of aromatic nitrogens is 1. The van der Waals surface area contributed by atoms with Gasteiger partial charge in [0.15, 0.2) is 0 Å². The van der Waals surface area contributed by atoms with Crippen LogP contribution in [0, 0.1) is 5.92 Å². The normalized spacial score (nSPS) is 37.6.